The Kier molecular flexibility index (Phi) is 4.58. The van der Waals surface area contributed by atoms with Crippen molar-refractivity contribution in [3.05, 3.63) is 95.6 Å². The van der Waals surface area contributed by atoms with Crippen molar-refractivity contribution in [3.8, 4) is 21.7 Å². The third-order valence-electron chi connectivity index (χ3n) is 4.05. The normalized spacial score (nSPS) is 11.1. The summed E-state index contributed by atoms with van der Waals surface area (Å²) in [5.74, 6) is -0.0189. The topological polar surface area (TPSA) is 43.1 Å². The molecule has 0 saturated heterocycles. The van der Waals surface area contributed by atoms with Crippen LogP contribution in [-0.4, -0.2) is 10.9 Å². The van der Waals surface area contributed by atoms with E-state index in [1.165, 1.54) is 0 Å². The molecule has 0 N–H and O–H groups in total. The molecule has 0 unspecified atom stereocenters. The Morgan fingerprint density at radius 1 is 0.962 bits per heavy atom. The van der Waals surface area contributed by atoms with Crippen molar-refractivity contribution in [1.82, 2.24) is 5.16 Å². The Hall–Kier alpha value is -3.24. The van der Waals surface area contributed by atoms with Crippen molar-refractivity contribution in [2.75, 3.05) is 0 Å². The summed E-state index contributed by atoms with van der Waals surface area (Å²) in [6.07, 6.45) is 5.05. The Labute approximate surface area is 155 Å². The van der Waals surface area contributed by atoms with Crippen LogP contribution in [0.2, 0.25) is 0 Å². The predicted molar refractivity (Wildman–Crippen MR) is 105 cm³/mol. The van der Waals surface area contributed by atoms with Crippen LogP contribution in [0.15, 0.2) is 89.0 Å². The lowest BCUT2D eigenvalue weighted by Gasteiger charge is -2.09. The molecule has 0 spiro atoms. The Morgan fingerprint density at radius 2 is 1.85 bits per heavy atom. The number of benzene rings is 2. The number of rotatable bonds is 5. The van der Waals surface area contributed by atoms with Gasteiger partial charge in [0.05, 0.1) is 0 Å². The highest BCUT2D eigenvalue weighted by Gasteiger charge is 2.14. The predicted octanol–water partition coefficient (Wildman–Crippen LogP) is 5.97. The van der Waals surface area contributed by atoms with Gasteiger partial charge in [0.15, 0.2) is 5.78 Å². The third-order valence-corrected chi connectivity index (χ3v) is 4.94. The van der Waals surface area contributed by atoms with Crippen molar-refractivity contribution >= 4 is 23.2 Å². The standard InChI is InChI=1S/C22H15NO2S/c24-20(16-6-2-1-3-7-16)12-11-17-8-4-9-18(19-13-14-25-23-19)22(17)21-10-5-15-26-21/h1-15H. The highest BCUT2D eigenvalue weighted by Crippen LogP contribution is 2.37. The summed E-state index contributed by atoms with van der Waals surface area (Å²) in [5, 5.41) is 6.12. The van der Waals surface area contributed by atoms with Crippen LogP contribution in [-0.2, 0) is 0 Å². The molecule has 26 heavy (non-hydrogen) atoms. The van der Waals surface area contributed by atoms with E-state index in [0.29, 0.717) is 5.56 Å². The maximum absolute atomic E-state index is 12.4. The fraction of sp³-hybridized carbons (Fsp3) is 0. The molecule has 0 saturated carbocycles. The van der Waals surface area contributed by atoms with E-state index in [4.69, 9.17) is 4.52 Å². The fourth-order valence-electron chi connectivity index (χ4n) is 2.83. The van der Waals surface area contributed by atoms with E-state index in [-0.39, 0.29) is 5.78 Å². The van der Waals surface area contributed by atoms with Crippen LogP contribution in [0, 0.1) is 0 Å². The van der Waals surface area contributed by atoms with E-state index in [0.717, 1.165) is 27.3 Å². The molecule has 2 heterocycles. The Bertz CT molecular complexity index is 1030. The van der Waals surface area contributed by atoms with Gasteiger partial charge in [-0.2, -0.15) is 0 Å². The zero-order valence-electron chi connectivity index (χ0n) is 13.8. The van der Waals surface area contributed by atoms with Crippen molar-refractivity contribution in [1.29, 1.82) is 0 Å². The molecule has 126 valence electrons. The summed E-state index contributed by atoms with van der Waals surface area (Å²) in [6, 6.07) is 21.2. The average Bonchev–Trinajstić information content (AvgIpc) is 3.40. The lowest BCUT2D eigenvalue weighted by Crippen LogP contribution is -1.93. The van der Waals surface area contributed by atoms with E-state index in [2.05, 4.69) is 11.2 Å². The van der Waals surface area contributed by atoms with Crippen LogP contribution in [0.5, 0.6) is 0 Å². The van der Waals surface area contributed by atoms with Gasteiger partial charge in [0, 0.05) is 27.6 Å². The molecule has 4 heteroatoms. The first-order chi connectivity index (χ1) is 12.8. The molecule has 0 radical (unpaired) electrons. The molecule has 0 aliphatic rings. The zero-order chi connectivity index (χ0) is 17.8. The third kappa shape index (κ3) is 3.27. The largest absolute Gasteiger partial charge is 0.364 e. The van der Waals surface area contributed by atoms with Gasteiger partial charge < -0.3 is 4.52 Å². The molecular formula is C22H15NO2S. The van der Waals surface area contributed by atoms with Gasteiger partial charge in [-0.25, -0.2) is 0 Å². The first-order valence-electron chi connectivity index (χ1n) is 8.18. The molecule has 4 rings (SSSR count). The van der Waals surface area contributed by atoms with Crippen molar-refractivity contribution in [2.24, 2.45) is 0 Å². The summed E-state index contributed by atoms with van der Waals surface area (Å²) in [5.41, 5.74) is 4.45. The number of ketones is 1. The summed E-state index contributed by atoms with van der Waals surface area (Å²) < 4.78 is 5.02. The van der Waals surface area contributed by atoms with Gasteiger partial charge in [-0.1, -0.05) is 65.8 Å². The second-order valence-electron chi connectivity index (χ2n) is 5.70. The van der Waals surface area contributed by atoms with E-state index < -0.39 is 0 Å². The second-order valence-corrected chi connectivity index (χ2v) is 6.64. The number of thiophene rings is 1. The van der Waals surface area contributed by atoms with Gasteiger partial charge in [0.1, 0.15) is 12.0 Å². The van der Waals surface area contributed by atoms with Gasteiger partial charge >= 0.3 is 0 Å². The number of allylic oxidation sites excluding steroid dienone is 1. The van der Waals surface area contributed by atoms with E-state index >= 15 is 0 Å². The van der Waals surface area contributed by atoms with Crippen LogP contribution < -0.4 is 0 Å². The molecule has 0 aliphatic heterocycles. The van der Waals surface area contributed by atoms with Crippen LogP contribution in [0.1, 0.15) is 15.9 Å². The number of hydrogen-bond donors (Lipinski definition) is 0. The smallest absolute Gasteiger partial charge is 0.185 e. The zero-order valence-corrected chi connectivity index (χ0v) is 14.6. The number of nitrogens with zero attached hydrogens (tertiary/aromatic N) is 1. The molecular weight excluding hydrogens is 342 g/mol. The maximum atomic E-state index is 12.4. The van der Waals surface area contributed by atoms with Crippen molar-refractivity contribution in [2.45, 2.75) is 0 Å². The van der Waals surface area contributed by atoms with E-state index in [1.807, 2.05) is 72.1 Å². The Morgan fingerprint density at radius 3 is 2.58 bits per heavy atom. The van der Waals surface area contributed by atoms with Crippen molar-refractivity contribution in [3.63, 3.8) is 0 Å². The number of aromatic nitrogens is 1. The minimum absolute atomic E-state index is 0.0189. The van der Waals surface area contributed by atoms with E-state index in [1.54, 1.807) is 23.7 Å². The molecule has 0 atom stereocenters. The van der Waals surface area contributed by atoms with Crippen LogP contribution >= 0.6 is 11.3 Å². The van der Waals surface area contributed by atoms with Gasteiger partial charge in [0.2, 0.25) is 0 Å². The molecule has 0 fully saturated rings. The number of carbonyl (C=O) groups excluding carboxylic acids is 1. The van der Waals surface area contributed by atoms with Crippen molar-refractivity contribution < 1.29 is 9.32 Å². The molecule has 3 nitrogen and oxygen atoms in total. The lowest BCUT2D eigenvalue weighted by molar-refractivity contribution is 0.104. The SMILES string of the molecule is O=C(C=Cc1cccc(-c2ccon2)c1-c1cccs1)c1ccccc1. The quantitative estimate of drug-likeness (QED) is 0.327. The van der Waals surface area contributed by atoms with Gasteiger partial charge in [0.25, 0.3) is 0 Å². The minimum atomic E-state index is -0.0189. The van der Waals surface area contributed by atoms with E-state index in [9.17, 15) is 4.79 Å². The first-order valence-corrected chi connectivity index (χ1v) is 9.06. The molecule has 2 aromatic heterocycles. The second kappa shape index (κ2) is 7.33. The molecule has 4 aromatic rings. The molecule has 0 bridgehead atoms. The lowest BCUT2D eigenvalue weighted by atomic mass is 9.96. The molecule has 0 amide bonds. The average molecular weight is 357 g/mol. The summed E-state index contributed by atoms with van der Waals surface area (Å²) >= 11 is 1.66. The maximum Gasteiger partial charge on any atom is 0.185 e. The fourth-order valence-corrected chi connectivity index (χ4v) is 3.64. The minimum Gasteiger partial charge on any atom is -0.364 e. The number of carbonyl (C=O) groups is 1. The van der Waals surface area contributed by atoms with Crippen LogP contribution in [0.3, 0.4) is 0 Å². The Balaban J connectivity index is 1.78. The highest BCUT2D eigenvalue weighted by molar-refractivity contribution is 7.13. The molecule has 0 aliphatic carbocycles. The first kappa shape index (κ1) is 16.2. The molecule has 2 aromatic carbocycles. The summed E-state index contributed by atoms with van der Waals surface area (Å²) in [4.78, 5) is 13.5. The summed E-state index contributed by atoms with van der Waals surface area (Å²) in [7, 11) is 0. The van der Waals surface area contributed by atoms with Gasteiger partial charge in [-0.05, 0) is 23.1 Å². The van der Waals surface area contributed by atoms with Crippen LogP contribution in [0.4, 0.5) is 0 Å². The number of hydrogen-bond acceptors (Lipinski definition) is 4. The highest BCUT2D eigenvalue weighted by atomic mass is 32.1. The summed E-state index contributed by atoms with van der Waals surface area (Å²) in [6.45, 7) is 0. The van der Waals surface area contributed by atoms with Gasteiger partial charge in [-0.3, -0.25) is 4.79 Å². The van der Waals surface area contributed by atoms with Gasteiger partial charge in [-0.15, -0.1) is 11.3 Å². The monoisotopic (exact) mass is 357 g/mol. The van der Waals surface area contributed by atoms with Crippen LogP contribution in [0.25, 0.3) is 27.8 Å².